The number of piperidine rings is 1. The minimum Gasteiger partial charge on any atom is -0.480 e. The van der Waals surface area contributed by atoms with Crippen LogP contribution in [0.1, 0.15) is 32.6 Å². The molecule has 2 rings (SSSR count). The normalized spacial score (nSPS) is 25.7. The van der Waals surface area contributed by atoms with E-state index in [4.69, 9.17) is 4.74 Å². The second-order valence-corrected chi connectivity index (χ2v) is 6.40. The lowest BCUT2D eigenvalue weighted by Gasteiger charge is -2.38. The Hall–Kier alpha value is -1.30. The molecule has 1 aliphatic carbocycles. The van der Waals surface area contributed by atoms with Crippen LogP contribution in [0.15, 0.2) is 0 Å². The maximum atomic E-state index is 12.4. The van der Waals surface area contributed by atoms with Crippen molar-refractivity contribution < 1.29 is 19.4 Å². The molecule has 1 N–H and O–H groups in total. The molecule has 6 heteroatoms. The minimum atomic E-state index is -0.909. The predicted molar refractivity (Wildman–Crippen MR) is 78.1 cm³/mol. The van der Waals surface area contributed by atoms with Crippen molar-refractivity contribution in [3.63, 3.8) is 0 Å². The van der Waals surface area contributed by atoms with E-state index < -0.39 is 12.0 Å². The van der Waals surface area contributed by atoms with Crippen LogP contribution in [0.5, 0.6) is 0 Å². The highest BCUT2D eigenvalue weighted by molar-refractivity contribution is 5.82. The van der Waals surface area contributed by atoms with Crippen LogP contribution in [0, 0.1) is 11.8 Å². The van der Waals surface area contributed by atoms with Gasteiger partial charge in [0.05, 0.1) is 6.61 Å². The minimum absolute atomic E-state index is 0.204. The van der Waals surface area contributed by atoms with E-state index in [1.54, 1.807) is 11.9 Å². The van der Waals surface area contributed by atoms with E-state index in [1.807, 2.05) is 6.92 Å². The summed E-state index contributed by atoms with van der Waals surface area (Å²) in [7, 11) is 1.71. The van der Waals surface area contributed by atoms with Crippen LogP contribution in [0.3, 0.4) is 0 Å². The zero-order valence-corrected chi connectivity index (χ0v) is 13.0. The van der Waals surface area contributed by atoms with E-state index in [1.165, 1.54) is 17.7 Å². The van der Waals surface area contributed by atoms with Crippen LogP contribution in [0.2, 0.25) is 0 Å². The average molecular weight is 298 g/mol. The largest absolute Gasteiger partial charge is 0.480 e. The molecule has 0 aromatic heterocycles. The first kappa shape index (κ1) is 16.1. The van der Waals surface area contributed by atoms with Gasteiger partial charge < -0.3 is 19.6 Å². The molecular formula is C15H26N2O4. The number of aliphatic carboxylic acids is 1. The number of urea groups is 1. The Balaban J connectivity index is 1.79. The summed E-state index contributed by atoms with van der Waals surface area (Å²) in [6.07, 6.45) is 3.90. The van der Waals surface area contributed by atoms with Crippen molar-refractivity contribution in [1.29, 1.82) is 0 Å². The maximum Gasteiger partial charge on any atom is 0.326 e. The summed E-state index contributed by atoms with van der Waals surface area (Å²) in [5.74, 6) is 0.154. The van der Waals surface area contributed by atoms with Gasteiger partial charge in [0.15, 0.2) is 0 Å². The van der Waals surface area contributed by atoms with Gasteiger partial charge in [-0.15, -0.1) is 0 Å². The summed E-state index contributed by atoms with van der Waals surface area (Å²) in [5.41, 5.74) is 0. The molecule has 1 saturated heterocycles. The second kappa shape index (κ2) is 7.11. The van der Waals surface area contributed by atoms with Crippen LogP contribution in [-0.4, -0.2) is 66.3 Å². The van der Waals surface area contributed by atoms with Crippen molar-refractivity contribution in [2.75, 3.05) is 33.4 Å². The number of likely N-dealkylation sites (tertiary alicyclic amines) is 1. The third-order valence-electron chi connectivity index (χ3n) is 4.34. The molecule has 2 amide bonds. The molecule has 6 nitrogen and oxygen atoms in total. The van der Waals surface area contributed by atoms with Gasteiger partial charge in [0.1, 0.15) is 6.04 Å². The molecule has 0 spiro atoms. The SMILES string of the molecule is CC1CCN(C(=O)N(C)CCOCC2CC2)C(C(=O)O)C1. The highest BCUT2D eigenvalue weighted by Gasteiger charge is 2.35. The Morgan fingerprint density at radius 2 is 2.05 bits per heavy atom. The van der Waals surface area contributed by atoms with Gasteiger partial charge in [0.25, 0.3) is 0 Å². The molecule has 2 atom stereocenters. The lowest BCUT2D eigenvalue weighted by atomic mass is 9.93. The van der Waals surface area contributed by atoms with E-state index in [2.05, 4.69) is 0 Å². The van der Waals surface area contributed by atoms with Crippen molar-refractivity contribution in [2.24, 2.45) is 11.8 Å². The molecule has 21 heavy (non-hydrogen) atoms. The lowest BCUT2D eigenvalue weighted by molar-refractivity contribution is -0.144. The maximum absolute atomic E-state index is 12.4. The number of nitrogens with zero attached hydrogens (tertiary/aromatic N) is 2. The van der Waals surface area contributed by atoms with E-state index in [0.717, 1.165) is 13.0 Å². The van der Waals surface area contributed by atoms with Crippen LogP contribution in [0.4, 0.5) is 4.79 Å². The van der Waals surface area contributed by atoms with E-state index in [9.17, 15) is 14.7 Å². The number of likely N-dealkylation sites (N-methyl/N-ethyl adjacent to an activating group) is 1. The van der Waals surface area contributed by atoms with E-state index >= 15 is 0 Å². The third kappa shape index (κ3) is 4.59. The molecule has 0 bridgehead atoms. The number of carbonyl (C=O) groups is 2. The van der Waals surface area contributed by atoms with Gasteiger partial charge in [0, 0.05) is 26.7 Å². The van der Waals surface area contributed by atoms with Crippen LogP contribution < -0.4 is 0 Å². The fraction of sp³-hybridized carbons (Fsp3) is 0.867. The molecule has 120 valence electrons. The summed E-state index contributed by atoms with van der Waals surface area (Å²) >= 11 is 0. The molecular weight excluding hydrogens is 272 g/mol. The Kier molecular flexibility index (Phi) is 5.45. The number of carbonyl (C=O) groups excluding carboxylic acids is 1. The molecule has 0 radical (unpaired) electrons. The number of hydrogen-bond acceptors (Lipinski definition) is 3. The predicted octanol–water partition coefficient (Wildman–Crippen LogP) is 1.65. The Bertz CT molecular complexity index is 384. The lowest BCUT2D eigenvalue weighted by Crippen LogP contribution is -2.54. The quantitative estimate of drug-likeness (QED) is 0.757. The molecule has 2 aliphatic rings. The molecule has 2 unspecified atom stereocenters. The van der Waals surface area contributed by atoms with Gasteiger partial charge >= 0.3 is 12.0 Å². The standard InChI is InChI=1S/C15H26N2O4/c1-11-5-6-17(13(9-11)14(18)19)15(20)16(2)7-8-21-10-12-3-4-12/h11-13H,3-10H2,1-2H3,(H,18,19). The van der Waals surface area contributed by atoms with Crippen LogP contribution in [-0.2, 0) is 9.53 Å². The van der Waals surface area contributed by atoms with Gasteiger partial charge in [-0.25, -0.2) is 9.59 Å². The van der Waals surface area contributed by atoms with E-state index in [0.29, 0.717) is 38.0 Å². The summed E-state index contributed by atoms with van der Waals surface area (Å²) < 4.78 is 5.53. The fourth-order valence-corrected chi connectivity index (χ4v) is 2.66. The van der Waals surface area contributed by atoms with Crippen molar-refractivity contribution in [2.45, 2.75) is 38.6 Å². The van der Waals surface area contributed by atoms with E-state index in [-0.39, 0.29) is 6.03 Å². The zero-order valence-electron chi connectivity index (χ0n) is 13.0. The highest BCUT2D eigenvalue weighted by atomic mass is 16.5. The summed E-state index contributed by atoms with van der Waals surface area (Å²) in [6, 6.07) is -0.902. The van der Waals surface area contributed by atoms with Gasteiger partial charge in [-0.3, -0.25) is 0 Å². The molecule has 1 saturated carbocycles. The molecule has 0 aromatic rings. The van der Waals surface area contributed by atoms with Crippen molar-refractivity contribution in [3.8, 4) is 0 Å². The number of hydrogen-bond donors (Lipinski definition) is 1. The average Bonchev–Trinajstić information content (AvgIpc) is 3.26. The van der Waals surface area contributed by atoms with Crippen molar-refractivity contribution >= 4 is 12.0 Å². The summed E-state index contributed by atoms with van der Waals surface area (Å²) in [6.45, 7) is 4.35. The Labute approximate surface area is 126 Å². The number of carboxylic acids is 1. The van der Waals surface area contributed by atoms with Gasteiger partial charge in [-0.05, 0) is 37.5 Å². The molecule has 0 aromatic carbocycles. The Morgan fingerprint density at radius 1 is 1.33 bits per heavy atom. The number of amides is 2. The van der Waals surface area contributed by atoms with Crippen molar-refractivity contribution in [1.82, 2.24) is 9.80 Å². The number of rotatable bonds is 6. The topological polar surface area (TPSA) is 70.1 Å². The van der Waals surface area contributed by atoms with Gasteiger partial charge in [0.2, 0.25) is 0 Å². The zero-order chi connectivity index (χ0) is 15.4. The van der Waals surface area contributed by atoms with Gasteiger partial charge in [-0.1, -0.05) is 6.92 Å². The monoisotopic (exact) mass is 298 g/mol. The number of carboxylic acid groups (broad SMARTS) is 1. The molecule has 1 aliphatic heterocycles. The molecule has 1 heterocycles. The highest BCUT2D eigenvalue weighted by Crippen LogP contribution is 2.28. The number of ether oxygens (including phenoxy) is 1. The third-order valence-corrected chi connectivity index (χ3v) is 4.34. The first-order chi connectivity index (χ1) is 9.99. The summed E-state index contributed by atoms with van der Waals surface area (Å²) in [4.78, 5) is 26.8. The van der Waals surface area contributed by atoms with Gasteiger partial charge in [-0.2, -0.15) is 0 Å². The smallest absolute Gasteiger partial charge is 0.326 e. The molecule has 2 fully saturated rings. The first-order valence-corrected chi connectivity index (χ1v) is 7.81. The van der Waals surface area contributed by atoms with Crippen LogP contribution >= 0.6 is 0 Å². The first-order valence-electron chi connectivity index (χ1n) is 7.81. The second-order valence-electron chi connectivity index (χ2n) is 6.40. The van der Waals surface area contributed by atoms with Crippen molar-refractivity contribution in [3.05, 3.63) is 0 Å². The van der Waals surface area contributed by atoms with Crippen LogP contribution in [0.25, 0.3) is 0 Å². The Morgan fingerprint density at radius 3 is 2.67 bits per heavy atom. The fourth-order valence-electron chi connectivity index (χ4n) is 2.66. The summed E-state index contributed by atoms with van der Waals surface area (Å²) in [5, 5.41) is 9.30.